The van der Waals surface area contributed by atoms with Crippen molar-refractivity contribution in [1.82, 2.24) is 0 Å². The first-order valence-electron chi connectivity index (χ1n) is 5.00. The predicted molar refractivity (Wildman–Crippen MR) is 53.0 cm³/mol. The highest BCUT2D eigenvalue weighted by molar-refractivity contribution is 4.72. The predicted octanol–water partition coefficient (Wildman–Crippen LogP) is 2.67. The van der Waals surface area contributed by atoms with E-state index in [1.165, 1.54) is 0 Å². The molecule has 0 fully saturated rings. The first-order chi connectivity index (χ1) is 5.54. The molecule has 0 aliphatic rings. The molecule has 0 atom stereocenters. The molecule has 0 rings (SSSR count). The maximum absolute atomic E-state index is 6.10. The lowest BCUT2D eigenvalue weighted by Gasteiger charge is -2.31. The van der Waals surface area contributed by atoms with Crippen molar-refractivity contribution < 1.29 is 4.74 Å². The second-order valence-corrected chi connectivity index (χ2v) is 3.73. The van der Waals surface area contributed by atoms with E-state index >= 15 is 0 Å². The average Bonchev–Trinajstić information content (AvgIpc) is 1.85. The van der Waals surface area contributed by atoms with Gasteiger partial charge in [-0.1, -0.05) is 26.7 Å². The van der Waals surface area contributed by atoms with Crippen molar-refractivity contribution in [2.24, 2.45) is 5.73 Å². The van der Waals surface area contributed by atoms with Crippen LogP contribution in [0.25, 0.3) is 0 Å². The maximum atomic E-state index is 6.10. The van der Waals surface area contributed by atoms with Gasteiger partial charge in [0.2, 0.25) is 0 Å². The van der Waals surface area contributed by atoms with Crippen LogP contribution >= 0.6 is 0 Å². The molecule has 12 heavy (non-hydrogen) atoms. The Morgan fingerprint density at radius 2 is 1.58 bits per heavy atom. The number of ether oxygens (including phenoxy) is 1. The average molecular weight is 173 g/mol. The van der Waals surface area contributed by atoms with Crippen molar-refractivity contribution in [1.29, 1.82) is 0 Å². The van der Waals surface area contributed by atoms with Gasteiger partial charge >= 0.3 is 0 Å². The van der Waals surface area contributed by atoms with Crippen LogP contribution in [0, 0.1) is 0 Å². The molecule has 2 N–H and O–H groups in total. The van der Waals surface area contributed by atoms with E-state index in [1.807, 2.05) is 13.8 Å². The summed E-state index contributed by atoms with van der Waals surface area (Å²) in [7, 11) is 0. The van der Waals surface area contributed by atoms with E-state index in [1.54, 1.807) is 0 Å². The molecule has 0 aliphatic carbocycles. The van der Waals surface area contributed by atoms with Crippen molar-refractivity contribution in [3.8, 4) is 0 Å². The lowest BCUT2D eigenvalue weighted by Crippen LogP contribution is -2.44. The highest BCUT2D eigenvalue weighted by Crippen LogP contribution is 2.19. The minimum absolute atomic E-state index is 0.230. The number of hydrogen-bond acceptors (Lipinski definition) is 2. The molecule has 2 nitrogen and oxygen atoms in total. The van der Waals surface area contributed by atoms with Gasteiger partial charge in [-0.05, 0) is 26.7 Å². The van der Waals surface area contributed by atoms with Crippen LogP contribution < -0.4 is 5.73 Å². The summed E-state index contributed by atoms with van der Waals surface area (Å²) in [5.41, 5.74) is 5.72. The Labute approximate surface area is 76.5 Å². The Kier molecular flexibility index (Phi) is 5.51. The third-order valence-corrected chi connectivity index (χ3v) is 1.82. The largest absolute Gasteiger partial charge is 0.358 e. The maximum Gasteiger partial charge on any atom is 0.117 e. The zero-order valence-electron chi connectivity index (χ0n) is 8.89. The van der Waals surface area contributed by atoms with Gasteiger partial charge in [0, 0.05) is 0 Å². The Hall–Kier alpha value is -0.0800. The Bertz CT molecular complexity index is 106. The molecular weight excluding hydrogens is 150 g/mol. The molecule has 0 unspecified atom stereocenters. The van der Waals surface area contributed by atoms with E-state index in [9.17, 15) is 0 Å². The molecular formula is C10H23NO. The lowest BCUT2D eigenvalue weighted by atomic mass is 10.0. The topological polar surface area (TPSA) is 35.2 Å². The second kappa shape index (κ2) is 5.55. The van der Waals surface area contributed by atoms with Gasteiger partial charge < -0.3 is 10.5 Å². The zero-order chi connectivity index (χ0) is 9.61. The fraction of sp³-hybridized carbons (Fsp3) is 1.00. The van der Waals surface area contributed by atoms with Crippen LogP contribution in [0.5, 0.6) is 0 Å². The lowest BCUT2D eigenvalue weighted by molar-refractivity contribution is -0.0873. The van der Waals surface area contributed by atoms with E-state index in [4.69, 9.17) is 10.5 Å². The molecule has 0 heterocycles. The van der Waals surface area contributed by atoms with E-state index in [0.29, 0.717) is 0 Å². The Morgan fingerprint density at radius 1 is 1.17 bits per heavy atom. The van der Waals surface area contributed by atoms with Crippen LogP contribution in [-0.4, -0.2) is 11.8 Å². The van der Waals surface area contributed by atoms with Crippen molar-refractivity contribution in [3.63, 3.8) is 0 Å². The summed E-state index contributed by atoms with van der Waals surface area (Å²) in [5, 5.41) is 0. The summed E-state index contributed by atoms with van der Waals surface area (Å²) >= 11 is 0. The number of rotatable bonds is 6. The number of nitrogens with two attached hydrogens (primary N) is 1. The molecule has 0 aromatic carbocycles. The first-order valence-corrected chi connectivity index (χ1v) is 5.00. The van der Waals surface area contributed by atoms with Crippen LogP contribution in [0.1, 0.15) is 53.4 Å². The summed E-state index contributed by atoms with van der Waals surface area (Å²) in [5.74, 6) is 0. The summed E-state index contributed by atoms with van der Waals surface area (Å²) in [6, 6.07) is 0. The smallest absolute Gasteiger partial charge is 0.117 e. The number of hydrogen-bond donors (Lipinski definition) is 1. The van der Waals surface area contributed by atoms with E-state index < -0.39 is 0 Å². The third kappa shape index (κ3) is 4.73. The first kappa shape index (κ1) is 11.9. The van der Waals surface area contributed by atoms with Gasteiger partial charge in [-0.25, -0.2) is 0 Å². The van der Waals surface area contributed by atoms with Gasteiger partial charge in [-0.3, -0.25) is 0 Å². The van der Waals surface area contributed by atoms with Gasteiger partial charge in [0.1, 0.15) is 5.72 Å². The van der Waals surface area contributed by atoms with E-state index in [0.717, 1.165) is 25.7 Å². The summed E-state index contributed by atoms with van der Waals surface area (Å²) in [4.78, 5) is 0. The zero-order valence-corrected chi connectivity index (χ0v) is 8.89. The standard InChI is InChI=1S/C10H23NO/c1-5-7-10(11,8-6-2)12-9(3)4/h9H,5-8,11H2,1-4H3. The van der Waals surface area contributed by atoms with Crippen LogP contribution in [0.3, 0.4) is 0 Å². The van der Waals surface area contributed by atoms with Gasteiger partial charge in [0.15, 0.2) is 0 Å². The van der Waals surface area contributed by atoms with Crippen molar-refractivity contribution in [2.45, 2.75) is 65.2 Å². The fourth-order valence-electron chi connectivity index (χ4n) is 1.56. The molecule has 0 aromatic heterocycles. The van der Waals surface area contributed by atoms with Crippen LogP contribution in [0.2, 0.25) is 0 Å². The van der Waals surface area contributed by atoms with Gasteiger partial charge in [-0.15, -0.1) is 0 Å². The molecule has 0 bridgehead atoms. The SMILES string of the molecule is CCCC(N)(CCC)OC(C)C. The summed E-state index contributed by atoms with van der Waals surface area (Å²) in [6.07, 6.45) is 4.32. The molecule has 74 valence electrons. The Morgan fingerprint density at radius 3 is 1.83 bits per heavy atom. The van der Waals surface area contributed by atoms with Gasteiger partial charge in [0.05, 0.1) is 6.10 Å². The third-order valence-electron chi connectivity index (χ3n) is 1.82. The molecule has 0 saturated heterocycles. The minimum atomic E-state index is -0.377. The monoisotopic (exact) mass is 173 g/mol. The minimum Gasteiger partial charge on any atom is -0.358 e. The summed E-state index contributed by atoms with van der Waals surface area (Å²) in [6.45, 7) is 8.35. The van der Waals surface area contributed by atoms with Crippen molar-refractivity contribution in [3.05, 3.63) is 0 Å². The van der Waals surface area contributed by atoms with E-state index in [-0.39, 0.29) is 11.8 Å². The van der Waals surface area contributed by atoms with Crippen LogP contribution in [-0.2, 0) is 4.74 Å². The molecule has 0 spiro atoms. The molecule has 0 amide bonds. The van der Waals surface area contributed by atoms with E-state index in [2.05, 4.69) is 13.8 Å². The normalized spacial score (nSPS) is 12.5. The Balaban J connectivity index is 3.98. The second-order valence-electron chi connectivity index (χ2n) is 3.73. The molecule has 0 aromatic rings. The molecule has 0 saturated carbocycles. The fourth-order valence-corrected chi connectivity index (χ4v) is 1.56. The van der Waals surface area contributed by atoms with Crippen LogP contribution in [0.4, 0.5) is 0 Å². The van der Waals surface area contributed by atoms with Crippen molar-refractivity contribution >= 4 is 0 Å². The van der Waals surface area contributed by atoms with Crippen LogP contribution in [0.15, 0.2) is 0 Å². The van der Waals surface area contributed by atoms with Gasteiger partial charge in [0.25, 0.3) is 0 Å². The van der Waals surface area contributed by atoms with Crippen molar-refractivity contribution in [2.75, 3.05) is 0 Å². The summed E-state index contributed by atoms with van der Waals surface area (Å²) < 4.78 is 5.70. The highest BCUT2D eigenvalue weighted by Gasteiger charge is 2.24. The molecule has 0 radical (unpaired) electrons. The van der Waals surface area contributed by atoms with Gasteiger partial charge in [-0.2, -0.15) is 0 Å². The molecule has 0 aliphatic heterocycles. The molecule has 2 heteroatoms. The highest BCUT2D eigenvalue weighted by atomic mass is 16.5. The quantitative estimate of drug-likeness (QED) is 0.627.